The van der Waals surface area contributed by atoms with Gasteiger partial charge in [-0.05, 0) is 68.4 Å². The van der Waals surface area contributed by atoms with E-state index in [2.05, 4.69) is 0 Å². The van der Waals surface area contributed by atoms with Gasteiger partial charge in [-0.2, -0.15) is 0 Å². The van der Waals surface area contributed by atoms with Crippen LogP contribution >= 0.6 is 0 Å². The Hall–Kier alpha value is -1.92. The molecule has 4 saturated carbocycles. The number of methoxy groups -OCH3 is 1. The fourth-order valence-corrected chi connectivity index (χ4v) is 6.66. The van der Waals surface area contributed by atoms with E-state index in [-0.39, 0.29) is 29.9 Å². The summed E-state index contributed by atoms with van der Waals surface area (Å²) in [6, 6.07) is 6.81. The van der Waals surface area contributed by atoms with Gasteiger partial charge < -0.3 is 14.8 Å². The van der Waals surface area contributed by atoms with E-state index in [1.807, 2.05) is 17.4 Å². The molecule has 6 rings (SSSR count). The average molecular weight is 400 g/mol. The van der Waals surface area contributed by atoms with Gasteiger partial charge in [0.2, 0.25) is 5.91 Å². The van der Waals surface area contributed by atoms with Gasteiger partial charge in [-0.1, -0.05) is 12.1 Å². The van der Waals surface area contributed by atoms with E-state index in [1.165, 1.54) is 43.4 Å². The summed E-state index contributed by atoms with van der Waals surface area (Å²) >= 11 is 0. The lowest BCUT2D eigenvalue weighted by atomic mass is 9.54. The third-order valence-corrected chi connectivity index (χ3v) is 7.47. The van der Waals surface area contributed by atoms with Crippen molar-refractivity contribution in [2.45, 2.75) is 56.6 Å². The number of quaternary nitrogens is 1. The number of hydrogen-bond donors (Lipinski definition) is 1. The fraction of sp³-hybridized carbons (Fsp3) is 0.652. The van der Waals surface area contributed by atoms with Crippen molar-refractivity contribution in [1.82, 2.24) is 0 Å². The normalized spacial score (nSPS) is 35.6. The van der Waals surface area contributed by atoms with Crippen molar-refractivity contribution < 1.29 is 24.4 Å². The monoisotopic (exact) mass is 399 g/mol. The summed E-state index contributed by atoms with van der Waals surface area (Å²) in [4.78, 5) is 26.7. The molecule has 0 radical (unpaired) electrons. The summed E-state index contributed by atoms with van der Waals surface area (Å²) in [5.74, 6) is 2.83. The second-order valence-electron chi connectivity index (χ2n) is 9.52. The minimum atomic E-state index is -0.368. The van der Waals surface area contributed by atoms with Crippen LogP contribution in [-0.2, 0) is 14.3 Å². The Morgan fingerprint density at radius 2 is 1.72 bits per heavy atom. The number of nitrogens with zero attached hydrogens (tertiary/aromatic N) is 1. The zero-order valence-electron chi connectivity index (χ0n) is 17.1. The zero-order chi connectivity index (χ0) is 20.0. The molecule has 156 valence electrons. The van der Waals surface area contributed by atoms with Crippen molar-refractivity contribution in [2.24, 2.45) is 17.8 Å². The molecule has 1 aromatic rings. The summed E-state index contributed by atoms with van der Waals surface area (Å²) in [6.07, 6.45) is 8.13. The molecule has 2 N–H and O–H groups in total. The molecule has 0 spiro atoms. The van der Waals surface area contributed by atoms with E-state index in [0.29, 0.717) is 24.6 Å². The number of para-hydroxylation sites is 2. The average Bonchev–Trinajstić information content (AvgIpc) is 2.97. The molecule has 0 unspecified atom stereocenters. The van der Waals surface area contributed by atoms with Crippen LogP contribution in [0.4, 0.5) is 5.69 Å². The Morgan fingerprint density at radius 3 is 2.38 bits per heavy atom. The molecule has 29 heavy (non-hydrogen) atoms. The molecule has 4 bridgehead atoms. The van der Waals surface area contributed by atoms with E-state index in [4.69, 9.17) is 9.47 Å². The van der Waals surface area contributed by atoms with Crippen LogP contribution in [0.3, 0.4) is 0 Å². The Bertz CT molecular complexity index is 773. The highest BCUT2D eigenvalue weighted by molar-refractivity contribution is 6.22. The minimum Gasteiger partial charge on any atom is -0.495 e. The topological polar surface area (TPSA) is 72.4 Å². The molecule has 1 aliphatic heterocycles. The van der Waals surface area contributed by atoms with Crippen molar-refractivity contribution in [3.8, 4) is 5.75 Å². The maximum absolute atomic E-state index is 12.9. The summed E-state index contributed by atoms with van der Waals surface area (Å²) in [5.41, 5.74) is 0.632. The molecule has 0 aromatic heterocycles. The largest absolute Gasteiger partial charge is 0.495 e. The van der Waals surface area contributed by atoms with Crippen LogP contribution in [0, 0.1) is 17.8 Å². The second kappa shape index (κ2) is 7.40. The van der Waals surface area contributed by atoms with Crippen LogP contribution in [0.25, 0.3) is 0 Å². The lowest BCUT2D eigenvalue weighted by molar-refractivity contribution is -0.676. The van der Waals surface area contributed by atoms with Gasteiger partial charge >= 0.3 is 0 Å². The standard InChI is InChI=1S/C23H30N2O4/c1-28-20-5-3-2-4-19(20)25-21(26)11-18(22(25)27)24-6-7-29-23-12-15-8-16(13-23)10-17(9-15)14-23/h2-5,15-18,24H,6-14H2,1H3/p+1/t15?,16?,17?,18-,23?/m1/s1. The minimum absolute atomic E-state index is 0.0987. The van der Waals surface area contributed by atoms with Crippen molar-refractivity contribution in [3.05, 3.63) is 24.3 Å². The first-order chi connectivity index (χ1) is 14.1. The number of hydrogen-bond acceptors (Lipinski definition) is 4. The van der Waals surface area contributed by atoms with E-state index < -0.39 is 0 Å². The van der Waals surface area contributed by atoms with E-state index in [1.54, 1.807) is 19.2 Å². The highest BCUT2D eigenvalue weighted by Gasteiger charge is 2.51. The van der Waals surface area contributed by atoms with Gasteiger partial charge in [0.1, 0.15) is 5.75 Å². The smallest absolute Gasteiger partial charge is 0.292 e. The van der Waals surface area contributed by atoms with Gasteiger partial charge in [0.15, 0.2) is 6.04 Å². The molecule has 4 aliphatic carbocycles. The lowest BCUT2D eigenvalue weighted by Gasteiger charge is -2.56. The van der Waals surface area contributed by atoms with Crippen LogP contribution in [0.15, 0.2) is 24.3 Å². The van der Waals surface area contributed by atoms with Crippen LogP contribution in [0.1, 0.15) is 44.9 Å². The molecule has 5 aliphatic rings. The molecule has 1 atom stereocenters. The summed E-state index contributed by atoms with van der Waals surface area (Å²) in [5, 5.41) is 1.98. The van der Waals surface area contributed by atoms with Gasteiger partial charge in [0.05, 0.1) is 38.0 Å². The van der Waals surface area contributed by atoms with E-state index in [0.717, 1.165) is 17.8 Å². The van der Waals surface area contributed by atoms with Gasteiger partial charge in [0.25, 0.3) is 5.91 Å². The third kappa shape index (κ3) is 3.46. The quantitative estimate of drug-likeness (QED) is 0.561. The van der Waals surface area contributed by atoms with Gasteiger partial charge in [-0.25, -0.2) is 4.90 Å². The predicted octanol–water partition coefficient (Wildman–Crippen LogP) is 1.88. The Morgan fingerprint density at radius 1 is 1.07 bits per heavy atom. The van der Waals surface area contributed by atoms with E-state index in [9.17, 15) is 9.59 Å². The fourth-order valence-electron chi connectivity index (χ4n) is 6.66. The predicted molar refractivity (Wildman–Crippen MR) is 108 cm³/mol. The molecule has 6 nitrogen and oxygen atoms in total. The number of benzene rings is 1. The molecule has 1 aromatic carbocycles. The van der Waals surface area contributed by atoms with Crippen molar-refractivity contribution in [2.75, 3.05) is 25.2 Å². The zero-order valence-corrected chi connectivity index (χ0v) is 17.1. The van der Waals surface area contributed by atoms with Crippen LogP contribution in [0.5, 0.6) is 5.75 Å². The summed E-state index contributed by atoms with van der Waals surface area (Å²) in [6.45, 7) is 1.37. The molecule has 1 saturated heterocycles. The van der Waals surface area contributed by atoms with Crippen molar-refractivity contribution in [1.29, 1.82) is 0 Å². The number of carbonyl (C=O) groups is 2. The van der Waals surface area contributed by atoms with Gasteiger partial charge in [-0.15, -0.1) is 0 Å². The molecule has 1 heterocycles. The number of amides is 2. The van der Waals surface area contributed by atoms with Gasteiger partial charge in [0, 0.05) is 0 Å². The first-order valence-corrected chi connectivity index (χ1v) is 11.0. The van der Waals surface area contributed by atoms with Crippen LogP contribution in [-0.4, -0.2) is 43.7 Å². The van der Waals surface area contributed by atoms with Gasteiger partial charge in [-0.3, -0.25) is 9.59 Å². The highest BCUT2D eigenvalue weighted by atomic mass is 16.5. The van der Waals surface area contributed by atoms with Crippen LogP contribution < -0.4 is 15.0 Å². The number of rotatable bonds is 7. The number of ether oxygens (including phenoxy) is 2. The number of anilines is 1. The first kappa shape index (κ1) is 19.1. The molecule has 6 heteroatoms. The lowest BCUT2D eigenvalue weighted by Crippen LogP contribution is -2.92. The summed E-state index contributed by atoms with van der Waals surface area (Å²) in [7, 11) is 1.55. The Kier molecular flexibility index (Phi) is 4.87. The summed E-state index contributed by atoms with van der Waals surface area (Å²) < 4.78 is 11.8. The third-order valence-electron chi connectivity index (χ3n) is 7.47. The van der Waals surface area contributed by atoms with Crippen molar-refractivity contribution in [3.63, 3.8) is 0 Å². The Labute approximate surface area is 171 Å². The Balaban J connectivity index is 1.16. The number of carbonyl (C=O) groups excluding carboxylic acids is 2. The van der Waals surface area contributed by atoms with E-state index >= 15 is 0 Å². The molecular formula is C23H31N2O4+. The van der Waals surface area contributed by atoms with Crippen molar-refractivity contribution >= 4 is 17.5 Å². The van der Waals surface area contributed by atoms with Crippen LogP contribution in [0.2, 0.25) is 0 Å². The maximum Gasteiger partial charge on any atom is 0.292 e. The molecule has 5 fully saturated rings. The maximum atomic E-state index is 12.9. The SMILES string of the molecule is COc1ccccc1N1C(=O)C[C@@H]([NH2+]CCOC23CC4CC(CC(C4)C2)C3)C1=O. The molecular weight excluding hydrogens is 368 g/mol. The first-order valence-electron chi connectivity index (χ1n) is 11.0. The second-order valence-corrected chi connectivity index (χ2v) is 9.52. The molecule has 2 amide bonds. The number of nitrogens with two attached hydrogens (primary N) is 1. The number of imide groups is 1. The highest BCUT2D eigenvalue weighted by Crippen LogP contribution is 2.57.